The van der Waals surface area contributed by atoms with Crippen LogP contribution < -0.4 is 5.32 Å². The summed E-state index contributed by atoms with van der Waals surface area (Å²) in [6.07, 6.45) is 1.46. The molecule has 4 nitrogen and oxygen atoms in total. The summed E-state index contributed by atoms with van der Waals surface area (Å²) in [5, 5.41) is 3.25. The number of piperidine rings is 1. The van der Waals surface area contributed by atoms with Crippen molar-refractivity contribution in [1.29, 1.82) is 0 Å². The lowest BCUT2D eigenvalue weighted by atomic mass is 9.98. The van der Waals surface area contributed by atoms with Crippen molar-refractivity contribution in [3.05, 3.63) is 28.2 Å². The molecule has 0 spiro atoms. The summed E-state index contributed by atoms with van der Waals surface area (Å²) >= 11 is 2.90. The Morgan fingerprint density at radius 3 is 2.50 bits per heavy atom. The fraction of sp³-hybridized carbons (Fsp3) is 0.571. The zero-order valence-corrected chi connectivity index (χ0v) is 14.7. The number of sulfonamides is 1. The number of benzene rings is 1. The van der Waals surface area contributed by atoms with Crippen LogP contribution in [0.3, 0.4) is 0 Å². The third-order valence-electron chi connectivity index (χ3n) is 3.85. The van der Waals surface area contributed by atoms with Crippen LogP contribution in [-0.2, 0) is 10.0 Å². The summed E-state index contributed by atoms with van der Waals surface area (Å²) in [6.45, 7) is 4.47. The van der Waals surface area contributed by atoms with Crippen LogP contribution in [0.25, 0.3) is 0 Å². The summed E-state index contributed by atoms with van der Waals surface area (Å²) in [7, 11) is -3.93. The molecule has 1 fully saturated rings. The van der Waals surface area contributed by atoms with Gasteiger partial charge in [-0.15, -0.1) is 0 Å². The molecule has 0 aliphatic carbocycles. The molecule has 1 aliphatic heterocycles. The highest BCUT2D eigenvalue weighted by atomic mass is 79.9. The van der Waals surface area contributed by atoms with E-state index in [4.69, 9.17) is 0 Å². The van der Waals surface area contributed by atoms with Crippen molar-refractivity contribution >= 4 is 26.0 Å². The number of hydrogen-bond donors (Lipinski definition) is 1. The lowest BCUT2D eigenvalue weighted by Gasteiger charge is -2.31. The highest BCUT2D eigenvalue weighted by Crippen LogP contribution is 2.28. The largest absolute Gasteiger partial charge is 0.317 e. The average Bonchev–Trinajstić information content (AvgIpc) is 2.49. The maximum absolute atomic E-state index is 13.8. The van der Waals surface area contributed by atoms with Gasteiger partial charge in [-0.1, -0.05) is 6.92 Å². The van der Waals surface area contributed by atoms with E-state index in [1.54, 1.807) is 0 Å². The minimum absolute atomic E-state index is 0.0606. The van der Waals surface area contributed by atoms with Gasteiger partial charge in [0.2, 0.25) is 10.0 Å². The number of hydrogen-bond acceptors (Lipinski definition) is 3. The number of rotatable bonds is 5. The van der Waals surface area contributed by atoms with E-state index in [9.17, 15) is 17.2 Å². The summed E-state index contributed by atoms with van der Waals surface area (Å²) in [5.41, 5.74) is 0. The van der Waals surface area contributed by atoms with Gasteiger partial charge in [0.25, 0.3) is 0 Å². The molecular formula is C14H19BrF2N2O2S. The quantitative estimate of drug-likeness (QED) is 0.778. The van der Waals surface area contributed by atoms with Crippen LogP contribution in [0.15, 0.2) is 21.5 Å². The van der Waals surface area contributed by atoms with Gasteiger partial charge in [0.05, 0.1) is 4.47 Å². The smallest absolute Gasteiger partial charge is 0.246 e. The van der Waals surface area contributed by atoms with Gasteiger partial charge >= 0.3 is 0 Å². The summed E-state index contributed by atoms with van der Waals surface area (Å²) < 4.78 is 53.4. The normalized spacial score (nSPS) is 17.8. The molecule has 1 N–H and O–H groups in total. The second-order valence-electron chi connectivity index (χ2n) is 5.35. The van der Waals surface area contributed by atoms with Crippen molar-refractivity contribution in [2.45, 2.75) is 24.7 Å². The first-order valence-corrected chi connectivity index (χ1v) is 9.45. The molecule has 1 aromatic rings. The van der Waals surface area contributed by atoms with Crippen molar-refractivity contribution in [3.63, 3.8) is 0 Å². The minimum atomic E-state index is -3.93. The zero-order valence-electron chi connectivity index (χ0n) is 12.3. The van der Waals surface area contributed by atoms with Crippen molar-refractivity contribution < 1.29 is 17.2 Å². The third-order valence-corrected chi connectivity index (χ3v) is 6.37. The van der Waals surface area contributed by atoms with E-state index in [1.165, 1.54) is 4.31 Å². The third kappa shape index (κ3) is 3.84. The van der Waals surface area contributed by atoms with Crippen LogP contribution >= 0.6 is 15.9 Å². The molecule has 1 heterocycles. The maximum Gasteiger partial charge on any atom is 0.246 e. The predicted molar refractivity (Wildman–Crippen MR) is 84.1 cm³/mol. The summed E-state index contributed by atoms with van der Waals surface area (Å²) in [5.74, 6) is -1.45. The maximum atomic E-state index is 13.8. The van der Waals surface area contributed by atoms with Crippen molar-refractivity contribution in [3.8, 4) is 0 Å². The van der Waals surface area contributed by atoms with Crippen LogP contribution in [0.1, 0.15) is 19.8 Å². The molecular weight excluding hydrogens is 378 g/mol. The van der Waals surface area contributed by atoms with Crippen molar-refractivity contribution in [1.82, 2.24) is 9.62 Å². The lowest BCUT2D eigenvalue weighted by Crippen LogP contribution is -2.41. The van der Waals surface area contributed by atoms with Gasteiger partial charge in [-0.2, -0.15) is 4.31 Å². The average molecular weight is 397 g/mol. The molecule has 22 heavy (non-hydrogen) atoms. The van der Waals surface area contributed by atoms with Gasteiger partial charge in [0.15, 0.2) is 0 Å². The van der Waals surface area contributed by atoms with Crippen molar-refractivity contribution in [2.75, 3.05) is 26.2 Å². The monoisotopic (exact) mass is 396 g/mol. The van der Waals surface area contributed by atoms with Crippen LogP contribution in [0, 0.1) is 17.6 Å². The van der Waals surface area contributed by atoms with Crippen LogP contribution in [0.2, 0.25) is 0 Å². The standard InChI is InChI=1S/C14H19BrF2N2O2S/c1-2-18-9-10-3-5-19(6-4-10)22(20,21)14-7-11(15)12(16)8-13(14)17/h7-8,10,18H,2-6,9H2,1H3. The van der Waals surface area contributed by atoms with E-state index in [2.05, 4.69) is 21.2 Å². The number of nitrogens with zero attached hydrogens (tertiary/aromatic N) is 1. The number of nitrogens with one attached hydrogen (secondary N) is 1. The SMILES string of the molecule is CCNCC1CCN(S(=O)(=O)c2cc(Br)c(F)cc2F)CC1. The summed E-state index contributed by atoms with van der Waals surface area (Å²) in [6, 6.07) is 1.58. The molecule has 0 bridgehead atoms. The molecule has 1 aliphatic rings. The van der Waals surface area contributed by atoms with Gasteiger partial charge in [0.1, 0.15) is 16.5 Å². The molecule has 0 aromatic heterocycles. The first kappa shape index (κ1) is 17.8. The highest BCUT2D eigenvalue weighted by Gasteiger charge is 2.31. The molecule has 0 unspecified atom stereocenters. The fourth-order valence-corrected chi connectivity index (χ4v) is 4.58. The van der Waals surface area contributed by atoms with E-state index in [1.807, 2.05) is 6.92 Å². The molecule has 1 saturated heterocycles. The second-order valence-corrected chi connectivity index (χ2v) is 8.11. The Bertz CT molecular complexity index is 632. The topological polar surface area (TPSA) is 49.4 Å². The molecule has 0 saturated carbocycles. The van der Waals surface area contributed by atoms with Crippen LogP contribution in [0.5, 0.6) is 0 Å². The van der Waals surface area contributed by atoms with E-state index in [-0.39, 0.29) is 4.47 Å². The molecule has 0 radical (unpaired) electrons. The van der Waals surface area contributed by atoms with E-state index < -0.39 is 26.6 Å². The first-order chi connectivity index (χ1) is 10.4. The van der Waals surface area contributed by atoms with Crippen molar-refractivity contribution in [2.24, 2.45) is 5.92 Å². The first-order valence-electron chi connectivity index (χ1n) is 7.21. The Hall–Kier alpha value is -0.570. The molecule has 2 rings (SSSR count). The molecule has 0 amide bonds. The van der Waals surface area contributed by atoms with Gasteiger partial charge < -0.3 is 5.32 Å². The molecule has 1 aromatic carbocycles. The molecule has 0 atom stereocenters. The van der Waals surface area contributed by atoms with E-state index >= 15 is 0 Å². The van der Waals surface area contributed by atoms with Crippen LogP contribution in [0.4, 0.5) is 8.78 Å². The van der Waals surface area contributed by atoms with Gasteiger partial charge in [0, 0.05) is 19.2 Å². The molecule has 124 valence electrons. The van der Waals surface area contributed by atoms with Gasteiger partial charge in [-0.05, 0) is 53.8 Å². The summed E-state index contributed by atoms with van der Waals surface area (Å²) in [4.78, 5) is -0.481. The predicted octanol–water partition coefficient (Wildman–Crippen LogP) is 2.74. The van der Waals surface area contributed by atoms with E-state index in [0.29, 0.717) is 25.1 Å². The Morgan fingerprint density at radius 1 is 1.27 bits per heavy atom. The lowest BCUT2D eigenvalue weighted by molar-refractivity contribution is 0.268. The van der Waals surface area contributed by atoms with Crippen LogP contribution in [-0.4, -0.2) is 38.9 Å². The Morgan fingerprint density at radius 2 is 1.91 bits per heavy atom. The highest BCUT2D eigenvalue weighted by molar-refractivity contribution is 9.10. The Labute approximate surface area is 138 Å². The Balaban J connectivity index is 2.14. The van der Waals surface area contributed by atoms with E-state index in [0.717, 1.165) is 32.0 Å². The zero-order chi connectivity index (χ0) is 16.3. The van der Waals surface area contributed by atoms with Gasteiger partial charge in [-0.3, -0.25) is 0 Å². The minimum Gasteiger partial charge on any atom is -0.317 e. The second kappa shape index (κ2) is 7.33. The molecule has 8 heteroatoms. The fourth-order valence-electron chi connectivity index (χ4n) is 2.54. The number of halogens is 3. The Kier molecular flexibility index (Phi) is 5.93. The van der Waals surface area contributed by atoms with Gasteiger partial charge in [-0.25, -0.2) is 17.2 Å².